The zero-order valence-corrected chi connectivity index (χ0v) is 12.8. The summed E-state index contributed by atoms with van der Waals surface area (Å²) in [6.45, 7) is 4.50. The molecule has 1 saturated carbocycles. The Kier molecular flexibility index (Phi) is 5.31. The van der Waals surface area contributed by atoms with Crippen molar-refractivity contribution >= 4 is 17.6 Å². The molecule has 106 valence electrons. The molecule has 0 unspecified atom stereocenters. The van der Waals surface area contributed by atoms with Crippen LogP contribution < -0.4 is 10.1 Å². The highest BCUT2D eigenvalue weighted by Crippen LogP contribution is 2.28. The lowest BCUT2D eigenvalue weighted by molar-refractivity contribution is 0.325. The number of ether oxygens (including phenoxy) is 1. The molecule has 5 heteroatoms. The molecular weight excluding hydrogens is 258 g/mol. The van der Waals surface area contributed by atoms with Crippen molar-refractivity contribution in [3.8, 4) is 5.88 Å². The van der Waals surface area contributed by atoms with Crippen LogP contribution in [0.4, 0.5) is 5.82 Å². The van der Waals surface area contributed by atoms with Gasteiger partial charge < -0.3 is 10.1 Å². The lowest BCUT2D eigenvalue weighted by Crippen LogP contribution is -2.27. The number of hydrogen-bond acceptors (Lipinski definition) is 5. The van der Waals surface area contributed by atoms with Gasteiger partial charge in [-0.05, 0) is 45.8 Å². The van der Waals surface area contributed by atoms with Gasteiger partial charge >= 0.3 is 0 Å². The Balaban J connectivity index is 1.95. The predicted octanol–water partition coefficient (Wildman–Crippen LogP) is 3.27. The van der Waals surface area contributed by atoms with E-state index in [9.17, 15) is 0 Å². The summed E-state index contributed by atoms with van der Waals surface area (Å²) in [4.78, 5) is 8.71. The van der Waals surface area contributed by atoms with Gasteiger partial charge in [-0.2, -0.15) is 16.7 Å². The molecule has 0 radical (unpaired) electrons. The molecule has 0 atom stereocenters. The van der Waals surface area contributed by atoms with Crippen LogP contribution >= 0.6 is 11.8 Å². The van der Waals surface area contributed by atoms with Crippen molar-refractivity contribution in [3.05, 3.63) is 11.9 Å². The summed E-state index contributed by atoms with van der Waals surface area (Å²) >= 11 is 1.99. The van der Waals surface area contributed by atoms with E-state index >= 15 is 0 Å². The summed E-state index contributed by atoms with van der Waals surface area (Å²) in [5.41, 5.74) is 0. The lowest BCUT2D eigenvalue weighted by Gasteiger charge is -2.28. The third-order valence-electron chi connectivity index (χ3n) is 3.47. The summed E-state index contributed by atoms with van der Waals surface area (Å²) in [5, 5.41) is 4.36. The first kappa shape index (κ1) is 14.4. The molecule has 4 nitrogen and oxygen atoms in total. The molecule has 1 aromatic heterocycles. The van der Waals surface area contributed by atoms with Crippen LogP contribution in [0.5, 0.6) is 5.88 Å². The molecule has 0 amide bonds. The minimum atomic E-state index is 0.534. The van der Waals surface area contributed by atoms with E-state index in [0.29, 0.717) is 18.5 Å². The highest BCUT2D eigenvalue weighted by molar-refractivity contribution is 7.99. The van der Waals surface area contributed by atoms with E-state index in [-0.39, 0.29) is 0 Å². The smallest absolute Gasteiger partial charge is 0.218 e. The average molecular weight is 281 g/mol. The third-order valence-corrected chi connectivity index (χ3v) is 4.60. The monoisotopic (exact) mass is 281 g/mol. The molecule has 0 aliphatic heterocycles. The van der Waals surface area contributed by atoms with Crippen LogP contribution in [0.25, 0.3) is 0 Å². The maximum absolute atomic E-state index is 5.46. The minimum Gasteiger partial charge on any atom is -0.478 e. The quantitative estimate of drug-likeness (QED) is 0.897. The predicted molar refractivity (Wildman–Crippen MR) is 81.1 cm³/mol. The van der Waals surface area contributed by atoms with Gasteiger partial charge in [0.1, 0.15) is 11.6 Å². The molecule has 0 spiro atoms. The topological polar surface area (TPSA) is 47.0 Å². The Hall–Kier alpha value is -0.970. The number of nitrogens with zero attached hydrogens (tertiary/aromatic N) is 2. The maximum atomic E-state index is 5.46. The molecule has 0 saturated heterocycles. The zero-order valence-electron chi connectivity index (χ0n) is 12.0. The molecule has 0 bridgehead atoms. The molecule has 0 aromatic carbocycles. The third kappa shape index (κ3) is 4.27. The van der Waals surface area contributed by atoms with E-state index in [1.165, 1.54) is 25.7 Å². The van der Waals surface area contributed by atoms with E-state index in [1.54, 1.807) is 0 Å². The van der Waals surface area contributed by atoms with Crippen LogP contribution in [0, 0.1) is 6.92 Å². The van der Waals surface area contributed by atoms with Gasteiger partial charge in [-0.15, -0.1) is 0 Å². The number of nitrogens with one attached hydrogen (secondary N) is 1. The van der Waals surface area contributed by atoms with Gasteiger partial charge in [0, 0.05) is 17.4 Å². The first-order chi connectivity index (χ1) is 9.21. The largest absolute Gasteiger partial charge is 0.478 e. The number of aryl methyl sites for hydroxylation is 1. The summed E-state index contributed by atoms with van der Waals surface area (Å²) < 4.78 is 5.46. The Labute approximate surface area is 119 Å². The van der Waals surface area contributed by atoms with Gasteiger partial charge in [0.05, 0.1) is 6.61 Å². The normalized spacial score (nSPS) is 23.1. The van der Waals surface area contributed by atoms with Crippen molar-refractivity contribution in [3.63, 3.8) is 0 Å². The fraction of sp³-hybridized carbons (Fsp3) is 0.714. The lowest BCUT2D eigenvalue weighted by atomic mass is 9.95. The van der Waals surface area contributed by atoms with Crippen LogP contribution in [-0.4, -0.2) is 34.1 Å². The van der Waals surface area contributed by atoms with Crippen molar-refractivity contribution < 1.29 is 4.74 Å². The van der Waals surface area contributed by atoms with Crippen molar-refractivity contribution in [2.45, 2.75) is 50.8 Å². The summed E-state index contributed by atoms with van der Waals surface area (Å²) in [6, 6.07) is 2.43. The zero-order chi connectivity index (χ0) is 13.7. The highest BCUT2D eigenvalue weighted by atomic mass is 32.2. The van der Waals surface area contributed by atoms with Gasteiger partial charge in [-0.25, -0.2) is 4.98 Å². The molecule has 1 N–H and O–H groups in total. The van der Waals surface area contributed by atoms with E-state index in [2.05, 4.69) is 21.5 Å². The van der Waals surface area contributed by atoms with Crippen molar-refractivity contribution in [2.75, 3.05) is 18.2 Å². The Morgan fingerprint density at radius 1 is 1.32 bits per heavy atom. The molecule has 1 aliphatic rings. The van der Waals surface area contributed by atoms with Crippen LogP contribution in [-0.2, 0) is 0 Å². The summed E-state index contributed by atoms with van der Waals surface area (Å²) in [7, 11) is 0. The van der Waals surface area contributed by atoms with Crippen LogP contribution in [0.2, 0.25) is 0 Å². The molecule has 2 rings (SSSR count). The number of hydrogen-bond donors (Lipinski definition) is 1. The average Bonchev–Trinajstić information content (AvgIpc) is 2.39. The van der Waals surface area contributed by atoms with Gasteiger partial charge in [0.15, 0.2) is 0 Å². The standard InChI is InChI=1S/C14H23N3OS/c1-4-18-14-9-13(15-10(2)16-14)17-11-5-7-12(19-3)8-6-11/h9,11-12H,4-8H2,1-3H3,(H,15,16,17). The molecule has 1 aromatic rings. The number of thioether (sulfide) groups is 1. The van der Waals surface area contributed by atoms with Gasteiger partial charge in [-0.3, -0.25) is 0 Å². The molecule has 1 heterocycles. The second-order valence-electron chi connectivity index (χ2n) is 4.93. The van der Waals surface area contributed by atoms with Crippen molar-refractivity contribution in [1.29, 1.82) is 0 Å². The SMILES string of the molecule is CCOc1cc(NC2CCC(SC)CC2)nc(C)n1. The Morgan fingerprint density at radius 2 is 2.05 bits per heavy atom. The fourth-order valence-corrected chi connectivity index (χ4v) is 3.23. The van der Waals surface area contributed by atoms with Crippen molar-refractivity contribution in [2.24, 2.45) is 0 Å². The Bertz CT molecular complexity index is 406. The van der Waals surface area contributed by atoms with E-state index in [0.717, 1.165) is 16.9 Å². The molecule has 1 aliphatic carbocycles. The minimum absolute atomic E-state index is 0.534. The number of aromatic nitrogens is 2. The van der Waals surface area contributed by atoms with Gasteiger partial charge in [-0.1, -0.05) is 0 Å². The summed E-state index contributed by atoms with van der Waals surface area (Å²) in [5.74, 6) is 2.31. The summed E-state index contributed by atoms with van der Waals surface area (Å²) in [6.07, 6.45) is 7.24. The van der Waals surface area contributed by atoms with E-state index < -0.39 is 0 Å². The van der Waals surface area contributed by atoms with Crippen LogP contribution in [0.3, 0.4) is 0 Å². The first-order valence-corrected chi connectivity index (χ1v) is 8.28. The second-order valence-corrected chi connectivity index (χ2v) is 6.06. The van der Waals surface area contributed by atoms with Crippen LogP contribution in [0.1, 0.15) is 38.4 Å². The molecule has 1 fully saturated rings. The van der Waals surface area contributed by atoms with Crippen molar-refractivity contribution in [1.82, 2.24) is 9.97 Å². The maximum Gasteiger partial charge on any atom is 0.218 e. The first-order valence-electron chi connectivity index (χ1n) is 6.99. The second kappa shape index (κ2) is 6.98. The highest BCUT2D eigenvalue weighted by Gasteiger charge is 2.20. The van der Waals surface area contributed by atoms with Crippen LogP contribution in [0.15, 0.2) is 6.07 Å². The van der Waals surface area contributed by atoms with E-state index in [1.807, 2.05) is 31.7 Å². The van der Waals surface area contributed by atoms with Gasteiger partial charge in [0.25, 0.3) is 0 Å². The number of anilines is 1. The Morgan fingerprint density at radius 3 is 2.68 bits per heavy atom. The molecular formula is C14H23N3OS. The fourth-order valence-electron chi connectivity index (χ4n) is 2.49. The molecule has 19 heavy (non-hydrogen) atoms. The van der Waals surface area contributed by atoms with E-state index in [4.69, 9.17) is 4.74 Å². The number of rotatable bonds is 5. The van der Waals surface area contributed by atoms with Gasteiger partial charge in [0.2, 0.25) is 5.88 Å².